The van der Waals surface area contributed by atoms with Crippen LogP contribution in [0.15, 0.2) is 18.2 Å². The van der Waals surface area contributed by atoms with E-state index in [1.807, 2.05) is 18.7 Å². The molecule has 2 heterocycles. The van der Waals surface area contributed by atoms with Crippen molar-refractivity contribution in [3.05, 3.63) is 35.0 Å². The Kier molecular flexibility index (Phi) is 4.61. The van der Waals surface area contributed by atoms with Gasteiger partial charge in [0.15, 0.2) is 0 Å². The molecule has 1 saturated heterocycles. The number of aromatic amines is 1. The third kappa shape index (κ3) is 2.89. The summed E-state index contributed by atoms with van der Waals surface area (Å²) in [5.74, 6) is 3.24. The number of amides is 2. The molecule has 1 aromatic carbocycles. The van der Waals surface area contributed by atoms with E-state index in [0.717, 1.165) is 43.7 Å². The van der Waals surface area contributed by atoms with E-state index in [-0.39, 0.29) is 12.1 Å². The maximum absolute atomic E-state index is 12.5. The molecular weight excluding hydrogens is 336 g/mol. The summed E-state index contributed by atoms with van der Waals surface area (Å²) in [4.78, 5) is 20.2. The minimum Gasteiger partial charge on any atom is -0.348 e. The average molecular weight is 364 g/mol. The lowest BCUT2D eigenvalue weighted by molar-refractivity contribution is 0.124. The van der Waals surface area contributed by atoms with Crippen LogP contribution in [0.3, 0.4) is 0 Å². The Hall–Kier alpha value is -2.45. The monoisotopic (exact) mass is 364 g/mol. The molecule has 5 heteroatoms. The number of likely N-dealkylation sites (N-methyl/N-ethyl adjacent to an activating group) is 1. The molecule has 0 spiro atoms. The van der Waals surface area contributed by atoms with Crippen molar-refractivity contribution < 1.29 is 4.79 Å². The quantitative estimate of drug-likeness (QED) is 0.823. The van der Waals surface area contributed by atoms with Gasteiger partial charge in [-0.1, -0.05) is 18.1 Å². The number of H-pyrrole nitrogens is 1. The number of likely N-dealkylation sites (tertiary alicyclic amines) is 1. The lowest BCUT2D eigenvalue weighted by atomic mass is 9.73. The normalized spacial score (nSPS) is 24.3. The van der Waals surface area contributed by atoms with Gasteiger partial charge in [-0.2, -0.15) is 0 Å². The van der Waals surface area contributed by atoms with Crippen molar-refractivity contribution in [3.8, 4) is 12.3 Å². The number of rotatable bonds is 3. The number of aromatic nitrogens is 1. The zero-order chi connectivity index (χ0) is 19.1. The van der Waals surface area contributed by atoms with Crippen molar-refractivity contribution in [1.82, 2.24) is 20.1 Å². The van der Waals surface area contributed by atoms with Gasteiger partial charge < -0.3 is 20.1 Å². The molecule has 0 bridgehead atoms. The highest BCUT2D eigenvalue weighted by molar-refractivity contribution is 5.90. The van der Waals surface area contributed by atoms with E-state index < -0.39 is 0 Å². The van der Waals surface area contributed by atoms with Gasteiger partial charge >= 0.3 is 6.03 Å². The second kappa shape index (κ2) is 6.94. The van der Waals surface area contributed by atoms with Crippen LogP contribution < -0.4 is 5.32 Å². The molecule has 0 radical (unpaired) electrons. The molecule has 0 unspecified atom stereocenters. The largest absolute Gasteiger partial charge is 0.348 e. The van der Waals surface area contributed by atoms with Crippen molar-refractivity contribution in [1.29, 1.82) is 0 Å². The number of terminal acetylenes is 1. The van der Waals surface area contributed by atoms with Gasteiger partial charge in [0.1, 0.15) is 0 Å². The van der Waals surface area contributed by atoms with Crippen molar-refractivity contribution >= 4 is 16.9 Å². The highest BCUT2D eigenvalue weighted by Gasteiger charge is 2.40. The SMILES string of the molecule is C#Cc1[nH]c2cccc3c2c1C[C@@H]1[C@@H]3C[C@H](NC(=O)N(CC)CC)CN1C. The predicted molar refractivity (Wildman–Crippen MR) is 109 cm³/mol. The maximum Gasteiger partial charge on any atom is 0.317 e. The molecule has 142 valence electrons. The van der Waals surface area contributed by atoms with Crippen molar-refractivity contribution in [2.45, 2.75) is 44.7 Å². The average Bonchev–Trinajstić information content (AvgIpc) is 3.03. The van der Waals surface area contributed by atoms with E-state index in [4.69, 9.17) is 6.42 Å². The number of benzene rings is 1. The van der Waals surface area contributed by atoms with Crippen molar-refractivity contribution in [2.75, 3.05) is 26.7 Å². The Morgan fingerprint density at radius 1 is 1.41 bits per heavy atom. The van der Waals surface area contributed by atoms with Crippen molar-refractivity contribution in [3.63, 3.8) is 0 Å². The Bertz CT molecular complexity index is 905. The molecule has 2 N–H and O–H groups in total. The van der Waals surface area contributed by atoms with Crippen LogP contribution in [-0.2, 0) is 6.42 Å². The van der Waals surface area contributed by atoms with Crippen LogP contribution in [0.4, 0.5) is 4.79 Å². The van der Waals surface area contributed by atoms with Crippen LogP contribution in [-0.4, -0.2) is 59.6 Å². The van der Waals surface area contributed by atoms with E-state index >= 15 is 0 Å². The first kappa shape index (κ1) is 17.9. The Morgan fingerprint density at radius 2 is 2.19 bits per heavy atom. The van der Waals surface area contributed by atoms with Crippen LogP contribution in [0.1, 0.15) is 43.0 Å². The Morgan fingerprint density at radius 3 is 2.89 bits per heavy atom. The summed E-state index contributed by atoms with van der Waals surface area (Å²) in [7, 11) is 2.17. The molecule has 2 amide bonds. The zero-order valence-corrected chi connectivity index (χ0v) is 16.4. The molecule has 1 aliphatic carbocycles. The molecule has 1 aromatic heterocycles. The summed E-state index contributed by atoms with van der Waals surface area (Å²) in [5, 5.41) is 4.56. The molecule has 4 rings (SSSR count). The van der Waals surface area contributed by atoms with Crippen LogP contribution >= 0.6 is 0 Å². The second-order valence-electron chi connectivity index (χ2n) is 7.76. The summed E-state index contributed by atoms with van der Waals surface area (Å²) >= 11 is 0. The first-order valence-corrected chi connectivity index (χ1v) is 9.93. The Balaban J connectivity index is 1.65. The third-order valence-corrected chi connectivity index (χ3v) is 6.37. The number of hydrogen-bond donors (Lipinski definition) is 2. The fourth-order valence-corrected chi connectivity index (χ4v) is 5.03. The van der Waals surface area contributed by atoms with Gasteiger partial charge in [0.2, 0.25) is 0 Å². The highest BCUT2D eigenvalue weighted by Crippen LogP contribution is 2.44. The molecule has 5 nitrogen and oxygen atoms in total. The smallest absolute Gasteiger partial charge is 0.317 e. The minimum atomic E-state index is 0.0443. The van der Waals surface area contributed by atoms with Gasteiger partial charge in [-0.05, 0) is 50.9 Å². The topological polar surface area (TPSA) is 51.4 Å². The number of carbonyl (C=O) groups excluding carboxylic acids is 1. The fourth-order valence-electron chi connectivity index (χ4n) is 5.03. The van der Waals surface area contributed by atoms with Crippen LogP contribution in [0.25, 0.3) is 10.9 Å². The number of nitrogens with one attached hydrogen (secondary N) is 2. The molecular formula is C22H28N4O. The molecule has 3 atom stereocenters. The minimum absolute atomic E-state index is 0.0443. The summed E-state index contributed by atoms with van der Waals surface area (Å²) in [6, 6.07) is 7.08. The number of urea groups is 1. The second-order valence-corrected chi connectivity index (χ2v) is 7.76. The van der Waals surface area contributed by atoms with Gasteiger partial charge in [0.25, 0.3) is 0 Å². The van der Waals surface area contributed by atoms with Gasteiger partial charge in [0, 0.05) is 48.5 Å². The van der Waals surface area contributed by atoms with E-state index in [0.29, 0.717) is 12.0 Å². The van der Waals surface area contributed by atoms with Gasteiger partial charge in [-0.15, -0.1) is 6.42 Å². The molecule has 2 aliphatic rings. The van der Waals surface area contributed by atoms with E-state index in [9.17, 15) is 4.79 Å². The van der Waals surface area contributed by atoms with Gasteiger partial charge in [0.05, 0.1) is 5.69 Å². The van der Waals surface area contributed by atoms with Gasteiger partial charge in [-0.25, -0.2) is 4.79 Å². The van der Waals surface area contributed by atoms with Crippen LogP contribution in [0.2, 0.25) is 0 Å². The lowest BCUT2D eigenvalue weighted by Crippen LogP contribution is -2.56. The standard InChI is InChI=1S/C22H28N4O/c1-5-18-17-12-20-16(15-9-8-10-19(24-18)21(15)17)11-14(13-25(20)4)23-22(27)26(6-2)7-3/h1,8-10,14,16,20,24H,6-7,11-13H2,2-4H3,(H,23,27)/t14-,16+,20+/m0/s1. The number of carbonyl (C=O) groups is 1. The predicted octanol–water partition coefficient (Wildman–Crippen LogP) is 2.91. The zero-order valence-electron chi connectivity index (χ0n) is 16.4. The number of piperidine rings is 1. The highest BCUT2D eigenvalue weighted by atomic mass is 16.2. The first-order chi connectivity index (χ1) is 13.1. The fraction of sp³-hybridized carbons (Fsp3) is 0.500. The molecule has 1 aliphatic heterocycles. The van der Waals surface area contributed by atoms with E-state index in [1.54, 1.807) is 0 Å². The lowest BCUT2D eigenvalue weighted by Gasteiger charge is -2.46. The molecule has 0 saturated carbocycles. The summed E-state index contributed by atoms with van der Waals surface area (Å²) in [6.07, 6.45) is 7.69. The number of hydrogen-bond acceptors (Lipinski definition) is 2. The third-order valence-electron chi connectivity index (χ3n) is 6.37. The van der Waals surface area contributed by atoms with Crippen LogP contribution in [0.5, 0.6) is 0 Å². The summed E-state index contributed by atoms with van der Waals surface area (Å²) < 4.78 is 0. The first-order valence-electron chi connectivity index (χ1n) is 9.93. The van der Waals surface area contributed by atoms with Gasteiger partial charge in [-0.3, -0.25) is 0 Å². The van der Waals surface area contributed by atoms with Crippen molar-refractivity contribution in [2.24, 2.45) is 0 Å². The number of nitrogens with zero attached hydrogens (tertiary/aromatic N) is 2. The maximum atomic E-state index is 12.5. The van der Waals surface area contributed by atoms with E-state index in [1.165, 1.54) is 16.5 Å². The number of fused-ring (bicyclic) bond motifs is 2. The summed E-state index contributed by atoms with van der Waals surface area (Å²) in [6.45, 7) is 6.37. The van der Waals surface area contributed by atoms with Crippen LogP contribution in [0, 0.1) is 12.3 Å². The molecule has 1 fully saturated rings. The summed E-state index contributed by atoms with van der Waals surface area (Å²) in [5.41, 5.74) is 4.69. The Labute approximate surface area is 161 Å². The molecule has 2 aromatic rings. The molecule has 27 heavy (non-hydrogen) atoms. The van der Waals surface area contributed by atoms with E-state index in [2.05, 4.69) is 46.4 Å².